The van der Waals surface area contributed by atoms with E-state index in [4.69, 9.17) is 16.3 Å². The van der Waals surface area contributed by atoms with Crippen LogP contribution in [-0.4, -0.2) is 42.6 Å². The van der Waals surface area contributed by atoms with Gasteiger partial charge < -0.3 is 9.64 Å². The van der Waals surface area contributed by atoms with Crippen LogP contribution in [0, 0.1) is 5.92 Å². The minimum atomic E-state index is 0.0372. The standard InChI is InChI=1S/C13H17ClN2O2/c1-18-9-10-3-6-16(7-4-10)13(17)11-2-5-15-12(14)8-11/h2,5,8,10H,3-4,6-7,9H2,1H3. The van der Waals surface area contributed by atoms with Crippen molar-refractivity contribution in [3.05, 3.63) is 29.0 Å². The van der Waals surface area contributed by atoms with Gasteiger partial charge in [0.25, 0.3) is 5.91 Å². The highest BCUT2D eigenvalue weighted by atomic mass is 35.5. The summed E-state index contributed by atoms with van der Waals surface area (Å²) in [6.45, 7) is 2.35. The first kappa shape index (κ1) is 13.3. The fourth-order valence-corrected chi connectivity index (χ4v) is 2.43. The first-order valence-corrected chi connectivity index (χ1v) is 6.48. The van der Waals surface area contributed by atoms with Crippen molar-refractivity contribution in [2.24, 2.45) is 5.92 Å². The van der Waals surface area contributed by atoms with Crippen molar-refractivity contribution in [2.45, 2.75) is 12.8 Å². The molecule has 1 aliphatic heterocycles. The highest BCUT2D eigenvalue weighted by molar-refractivity contribution is 6.29. The third-order valence-corrected chi connectivity index (χ3v) is 3.48. The van der Waals surface area contributed by atoms with Crippen molar-refractivity contribution in [1.29, 1.82) is 0 Å². The van der Waals surface area contributed by atoms with Gasteiger partial charge in [0.05, 0.1) is 0 Å². The summed E-state index contributed by atoms with van der Waals surface area (Å²) in [5, 5.41) is 0.357. The van der Waals surface area contributed by atoms with Crippen LogP contribution < -0.4 is 0 Å². The number of carbonyl (C=O) groups excluding carboxylic acids is 1. The van der Waals surface area contributed by atoms with E-state index >= 15 is 0 Å². The normalized spacial score (nSPS) is 16.9. The van der Waals surface area contributed by atoms with Crippen LogP contribution in [0.1, 0.15) is 23.2 Å². The fourth-order valence-electron chi connectivity index (χ4n) is 2.26. The molecule has 2 rings (SSSR count). The molecule has 0 N–H and O–H groups in total. The molecule has 1 fully saturated rings. The van der Waals surface area contributed by atoms with E-state index in [0.717, 1.165) is 32.5 Å². The van der Waals surface area contributed by atoms with Gasteiger partial charge >= 0.3 is 0 Å². The lowest BCUT2D eigenvalue weighted by molar-refractivity contribution is 0.0613. The predicted molar refractivity (Wildman–Crippen MR) is 69.8 cm³/mol. The molecule has 1 aliphatic rings. The molecule has 0 spiro atoms. The number of ether oxygens (including phenoxy) is 1. The molecule has 0 atom stereocenters. The zero-order valence-corrected chi connectivity index (χ0v) is 11.2. The Kier molecular flexibility index (Phi) is 4.55. The van der Waals surface area contributed by atoms with Gasteiger partial charge in [0, 0.05) is 38.6 Å². The lowest BCUT2D eigenvalue weighted by Crippen LogP contribution is -2.39. The molecule has 1 aromatic heterocycles. The highest BCUT2D eigenvalue weighted by Gasteiger charge is 2.23. The zero-order valence-electron chi connectivity index (χ0n) is 10.4. The minimum absolute atomic E-state index is 0.0372. The summed E-state index contributed by atoms with van der Waals surface area (Å²) in [4.78, 5) is 18.0. The molecule has 1 amide bonds. The summed E-state index contributed by atoms with van der Waals surface area (Å²) in [6.07, 6.45) is 3.56. The molecule has 0 bridgehead atoms. The number of halogens is 1. The largest absolute Gasteiger partial charge is 0.384 e. The molecule has 0 aromatic carbocycles. The SMILES string of the molecule is COCC1CCN(C(=O)c2ccnc(Cl)c2)CC1. The van der Waals surface area contributed by atoms with Crippen molar-refractivity contribution in [3.63, 3.8) is 0 Å². The van der Waals surface area contributed by atoms with E-state index in [1.807, 2.05) is 4.90 Å². The van der Waals surface area contributed by atoms with E-state index in [9.17, 15) is 4.79 Å². The Morgan fingerprint density at radius 2 is 2.28 bits per heavy atom. The molecular weight excluding hydrogens is 252 g/mol. The molecule has 18 heavy (non-hydrogen) atoms. The van der Waals surface area contributed by atoms with E-state index in [-0.39, 0.29) is 5.91 Å². The van der Waals surface area contributed by atoms with Gasteiger partial charge in [0.15, 0.2) is 0 Å². The number of rotatable bonds is 3. The smallest absolute Gasteiger partial charge is 0.254 e. The first-order valence-electron chi connectivity index (χ1n) is 6.10. The van der Waals surface area contributed by atoms with Crippen LogP contribution in [0.25, 0.3) is 0 Å². The molecule has 4 nitrogen and oxygen atoms in total. The van der Waals surface area contributed by atoms with E-state index < -0.39 is 0 Å². The van der Waals surface area contributed by atoms with Gasteiger partial charge in [-0.25, -0.2) is 4.98 Å². The summed E-state index contributed by atoms with van der Waals surface area (Å²) in [7, 11) is 1.72. The monoisotopic (exact) mass is 268 g/mol. The third kappa shape index (κ3) is 3.21. The third-order valence-electron chi connectivity index (χ3n) is 3.28. The molecule has 1 saturated heterocycles. The average molecular weight is 269 g/mol. The van der Waals surface area contributed by atoms with Gasteiger partial charge in [-0.2, -0.15) is 0 Å². The summed E-state index contributed by atoms with van der Waals surface area (Å²) >= 11 is 5.79. The minimum Gasteiger partial charge on any atom is -0.384 e. The molecule has 0 radical (unpaired) electrons. The second-order valence-electron chi connectivity index (χ2n) is 4.56. The molecule has 0 unspecified atom stereocenters. The Balaban J connectivity index is 1.95. The number of nitrogens with zero attached hydrogens (tertiary/aromatic N) is 2. The summed E-state index contributed by atoms with van der Waals surface area (Å²) in [5.41, 5.74) is 0.611. The van der Waals surface area contributed by atoms with Gasteiger partial charge in [-0.05, 0) is 30.9 Å². The van der Waals surface area contributed by atoms with Gasteiger partial charge in [0.2, 0.25) is 0 Å². The van der Waals surface area contributed by atoms with Gasteiger partial charge in [-0.15, -0.1) is 0 Å². The van der Waals surface area contributed by atoms with Crippen molar-refractivity contribution in [3.8, 4) is 0 Å². The Morgan fingerprint density at radius 3 is 2.89 bits per heavy atom. The van der Waals surface area contributed by atoms with Crippen LogP contribution in [0.3, 0.4) is 0 Å². The number of pyridine rings is 1. The van der Waals surface area contributed by atoms with Gasteiger partial charge in [-0.1, -0.05) is 11.6 Å². The number of likely N-dealkylation sites (tertiary alicyclic amines) is 1. The lowest BCUT2D eigenvalue weighted by Gasteiger charge is -2.31. The second kappa shape index (κ2) is 6.16. The molecule has 5 heteroatoms. The van der Waals surface area contributed by atoms with Crippen LogP contribution in [0.2, 0.25) is 5.15 Å². The Hall–Kier alpha value is -1.13. The van der Waals surface area contributed by atoms with Crippen LogP contribution in [-0.2, 0) is 4.74 Å². The van der Waals surface area contributed by atoms with Crippen molar-refractivity contribution in [2.75, 3.05) is 26.8 Å². The Morgan fingerprint density at radius 1 is 1.56 bits per heavy atom. The number of carbonyl (C=O) groups is 1. The molecule has 0 saturated carbocycles. The summed E-state index contributed by atoms with van der Waals surface area (Å²) in [5.74, 6) is 0.607. The maximum atomic E-state index is 12.2. The van der Waals surface area contributed by atoms with E-state index in [0.29, 0.717) is 16.6 Å². The van der Waals surface area contributed by atoms with E-state index in [2.05, 4.69) is 4.98 Å². The summed E-state index contributed by atoms with van der Waals surface area (Å²) < 4.78 is 5.15. The first-order chi connectivity index (χ1) is 8.70. The maximum Gasteiger partial charge on any atom is 0.254 e. The quantitative estimate of drug-likeness (QED) is 0.790. The Labute approximate surface area is 112 Å². The van der Waals surface area contributed by atoms with E-state index in [1.54, 1.807) is 25.4 Å². The van der Waals surface area contributed by atoms with E-state index in [1.165, 1.54) is 0 Å². The number of piperidine rings is 1. The molecule has 0 aliphatic carbocycles. The van der Waals surface area contributed by atoms with Crippen LogP contribution in [0.15, 0.2) is 18.3 Å². The van der Waals surface area contributed by atoms with Crippen molar-refractivity contribution >= 4 is 17.5 Å². The van der Waals surface area contributed by atoms with Gasteiger partial charge in [-0.3, -0.25) is 4.79 Å². The maximum absolute atomic E-state index is 12.2. The predicted octanol–water partition coefficient (Wildman–Crippen LogP) is 2.23. The number of hydrogen-bond donors (Lipinski definition) is 0. The lowest BCUT2D eigenvalue weighted by atomic mass is 9.97. The molecule has 2 heterocycles. The summed E-state index contributed by atoms with van der Waals surface area (Å²) in [6, 6.07) is 3.32. The van der Waals surface area contributed by atoms with Crippen molar-refractivity contribution in [1.82, 2.24) is 9.88 Å². The van der Waals surface area contributed by atoms with Crippen molar-refractivity contribution < 1.29 is 9.53 Å². The number of amides is 1. The van der Waals surface area contributed by atoms with Crippen LogP contribution in [0.4, 0.5) is 0 Å². The highest BCUT2D eigenvalue weighted by Crippen LogP contribution is 2.19. The Bertz CT molecular complexity index is 417. The zero-order chi connectivity index (χ0) is 13.0. The fraction of sp³-hybridized carbons (Fsp3) is 0.538. The average Bonchev–Trinajstić information content (AvgIpc) is 2.39. The topological polar surface area (TPSA) is 42.4 Å². The van der Waals surface area contributed by atoms with Crippen LogP contribution in [0.5, 0.6) is 0 Å². The number of methoxy groups -OCH3 is 1. The number of aromatic nitrogens is 1. The van der Waals surface area contributed by atoms with Gasteiger partial charge in [0.1, 0.15) is 5.15 Å². The van der Waals surface area contributed by atoms with Crippen LogP contribution >= 0.6 is 11.6 Å². The second-order valence-corrected chi connectivity index (χ2v) is 4.95. The molecular formula is C13H17ClN2O2. The molecule has 98 valence electrons. The number of hydrogen-bond acceptors (Lipinski definition) is 3. The molecule has 1 aromatic rings.